The first-order valence-electron chi connectivity index (χ1n) is 10.0. The zero-order chi connectivity index (χ0) is 18.6. The second kappa shape index (κ2) is 8.42. The summed E-state index contributed by atoms with van der Waals surface area (Å²) >= 11 is 0. The highest BCUT2D eigenvalue weighted by atomic mass is 16.5. The van der Waals surface area contributed by atoms with E-state index in [0.717, 1.165) is 58.8 Å². The fraction of sp³-hybridized carbons (Fsp3) is 0.571. The van der Waals surface area contributed by atoms with Gasteiger partial charge < -0.3 is 19.9 Å². The number of aliphatic imine (C=N–C) groups is 1. The molecular formula is C21H31N5O. The molecule has 1 fully saturated rings. The topological polar surface area (TPSA) is 43.3 Å². The lowest BCUT2D eigenvalue weighted by Crippen LogP contribution is -2.50. The van der Waals surface area contributed by atoms with Gasteiger partial charge in [-0.2, -0.15) is 0 Å². The summed E-state index contributed by atoms with van der Waals surface area (Å²) in [4.78, 5) is 12.4. The van der Waals surface area contributed by atoms with E-state index >= 15 is 0 Å². The average Bonchev–Trinajstić information content (AvgIpc) is 2.96. The Bertz CT molecular complexity index is 696. The highest BCUT2D eigenvalue weighted by Crippen LogP contribution is 2.29. The molecule has 0 aliphatic carbocycles. The van der Waals surface area contributed by atoms with Crippen LogP contribution < -0.4 is 5.32 Å². The molecule has 0 radical (unpaired) electrons. The van der Waals surface area contributed by atoms with E-state index in [0.29, 0.717) is 0 Å². The molecule has 3 aliphatic heterocycles. The molecule has 3 heterocycles. The van der Waals surface area contributed by atoms with Crippen LogP contribution in [0.25, 0.3) is 0 Å². The largest absolute Gasteiger partial charge is 0.378 e. The summed E-state index contributed by atoms with van der Waals surface area (Å²) in [6.07, 6.45) is 2.13. The molecule has 4 rings (SSSR count). The summed E-state index contributed by atoms with van der Waals surface area (Å²) < 4.78 is 5.58. The van der Waals surface area contributed by atoms with Crippen molar-refractivity contribution in [2.45, 2.75) is 25.7 Å². The minimum atomic E-state index is 0.0277. The van der Waals surface area contributed by atoms with Crippen LogP contribution in [0.15, 0.2) is 46.6 Å². The quantitative estimate of drug-likeness (QED) is 0.879. The molecule has 6 nitrogen and oxygen atoms in total. The standard InChI is InChI=1S/C21H31N5O/c1-24(16-17-6-4-3-5-7-17)21-23-20(26-12-14-27-15-13-26)18-8-10-22-11-9-19(18)25(21)2/h3-7,21-22H,8-16H2,1-2H3. The van der Waals surface area contributed by atoms with Gasteiger partial charge in [0.15, 0.2) is 6.29 Å². The molecule has 6 heteroatoms. The van der Waals surface area contributed by atoms with Gasteiger partial charge in [0.25, 0.3) is 0 Å². The summed E-state index contributed by atoms with van der Waals surface area (Å²) in [7, 11) is 4.38. The Labute approximate surface area is 162 Å². The van der Waals surface area contributed by atoms with E-state index in [1.807, 2.05) is 0 Å². The molecule has 146 valence electrons. The second-order valence-corrected chi connectivity index (χ2v) is 7.59. The Morgan fingerprint density at radius 3 is 2.67 bits per heavy atom. The molecule has 3 aliphatic rings. The third kappa shape index (κ3) is 4.03. The van der Waals surface area contributed by atoms with E-state index in [4.69, 9.17) is 9.73 Å². The predicted octanol–water partition coefficient (Wildman–Crippen LogP) is 1.72. The first-order chi connectivity index (χ1) is 13.2. The molecule has 1 N–H and O–H groups in total. The number of hydrogen-bond donors (Lipinski definition) is 1. The van der Waals surface area contributed by atoms with Crippen molar-refractivity contribution in [2.75, 3.05) is 53.5 Å². The van der Waals surface area contributed by atoms with E-state index in [1.54, 1.807) is 0 Å². The van der Waals surface area contributed by atoms with Crippen LogP contribution in [-0.2, 0) is 11.3 Å². The van der Waals surface area contributed by atoms with E-state index in [2.05, 4.69) is 64.4 Å². The SMILES string of the molecule is CN(Cc1ccccc1)C1N=C(N2CCOCC2)C2=C(CCNCC2)N1C. The van der Waals surface area contributed by atoms with Crippen LogP contribution in [0.1, 0.15) is 18.4 Å². The molecule has 0 spiro atoms. The van der Waals surface area contributed by atoms with E-state index in [9.17, 15) is 0 Å². The zero-order valence-electron chi connectivity index (χ0n) is 16.5. The van der Waals surface area contributed by atoms with Crippen LogP contribution in [0.4, 0.5) is 0 Å². The first kappa shape index (κ1) is 18.5. The van der Waals surface area contributed by atoms with Gasteiger partial charge in [0.2, 0.25) is 0 Å². The molecule has 0 aromatic heterocycles. The van der Waals surface area contributed by atoms with E-state index < -0.39 is 0 Å². The minimum absolute atomic E-state index is 0.0277. The van der Waals surface area contributed by atoms with Crippen LogP contribution in [0.2, 0.25) is 0 Å². The average molecular weight is 370 g/mol. The molecule has 1 unspecified atom stereocenters. The summed E-state index contributed by atoms with van der Waals surface area (Å²) in [5, 5.41) is 3.55. The maximum Gasteiger partial charge on any atom is 0.180 e. The van der Waals surface area contributed by atoms with Gasteiger partial charge in [-0.1, -0.05) is 30.3 Å². The summed E-state index contributed by atoms with van der Waals surface area (Å²) in [5.41, 5.74) is 4.19. The molecular weight excluding hydrogens is 338 g/mol. The summed E-state index contributed by atoms with van der Waals surface area (Å²) in [6, 6.07) is 10.7. The lowest BCUT2D eigenvalue weighted by atomic mass is 10.0. The number of rotatable bonds is 3. The Morgan fingerprint density at radius 1 is 1.15 bits per heavy atom. The monoisotopic (exact) mass is 369 g/mol. The molecule has 1 aromatic carbocycles. The van der Waals surface area contributed by atoms with Gasteiger partial charge in [0.1, 0.15) is 5.84 Å². The van der Waals surface area contributed by atoms with Gasteiger partial charge in [-0.15, -0.1) is 0 Å². The molecule has 0 amide bonds. The summed E-state index contributed by atoms with van der Waals surface area (Å²) in [6.45, 7) is 6.40. The maximum absolute atomic E-state index is 5.58. The molecule has 1 atom stereocenters. The van der Waals surface area contributed by atoms with E-state index in [1.165, 1.54) is 22.7 Å². The highest BCUT2D eigenvalue weighted by Gasteiger charge is 2.33. The second-order valence-electron chi connectivity index (χ2n) is 7.59. The fourth-order valence-corrected chi connectivity index (χ4v) is 4.28. The van der Waals surface area contributed by atoms with Crippen LogP contribution in [-0.4, -0.2) is 80.3 Å². The first-order valence-corrected chi connectivity index (χ1v) is 10.0. The fourth-order valence-electron chi connectivity index (χ4n) is 4.28. The third-order valence-corrected chi connectivity index (χ3v) is 5.70. The van der Waals surface area contributed by atoms with Crippen molar-refractivity contribution in [1.29, 1.82) is 0 Å². The molecule has 0 bridgehead atoms. The van der Waals surface area contributed by atoms with Gasteiger partial charge in [-0.3, -0.25) is 4.90 Å². The highest BCUT2D eigenvalue weighted by molar-refractivity contribution is 5.99. The van der Waals surface area contributed by atoms with Crippen molar-refractivity contribution < 1.29 is 4.74 Å². The number of ether oxygens (including phenoxy) is 1. The van der Waals surface area contributed by atoms with Gasteiger partial charge in [-0.25, -0.2) is 4.99 Å². The van der Waals surface area contributed by atoms with Crippen LogP contribution in [0, 0.1) is 0 Å². The zero-order valence-corrected chi connectivity index (χ0v) is 16.5. The van der Waals surface area contributed by atoms with Crippen molar-refractivity contribution >= 4 is 5.84 Å². The van der Waals surface area contributed by atoms with Crippen molar-refractivity contribution in [1.82, 2.24) is 20.0 Å². The van der Waals surface area contributed by atoms with E-state index in [-0.39, 0.29) is 6.29 Å². The van der Waals surface area contributed by atoms with Crippen LogP contribution >= 0.6 is 0 Å². The number of hydrogen-bond acceptors (Lipinski definition) is 6. The van der Waals surface area contributed by atoms with Crippen molar-refractivity contribution in [2.24, 2.45) is 4.99 Å². The Hall–Kier alpha value is -1.89. The van der Waals surface area contributed by atoms with Crippen molar-refractivity contribution in [3.63, 3.8) is 0 Å². The number of nitrogens with zero attached hydrogens (tertiary/aromatic N) is 4. The van der Waals surface area contributed by atoms with Gasteiger partial charge in [0.05, 0.1) is 13.2 Å². The number of benzene rings is 1. The number of nitrogens with one attached hydrogen (secondary N) is 1. The Morgan fingerprint density at radius 2 is 1.89 bits per heavy atom. The van der Waals surface area contributed by atoms with Crippen LogP contribution in [0.5, 0.6) is 0 Å². The smallest absolute Gasteiger partial charge is 0.180 e. The lowest BCUT2D eigenvalue weighted by molar-refractivity contribution is 0.0634. The van der Waals surface area contributed by atoms with Crippen molar-refractivity contribution in [3.05, 3.63) is 47.2 Å². The van der Waals surface area contributed by atoms with Gasteiger partial charge in [-0.05, 0) is 25.6 Å². The van der Waals surface area contributed by atoms with Gasteiger partial charge in [0, 0.05) is 50.9 Å². The third-order valence-electron chi connectivity index (χ3n) is 5.70. The maximum atomic E-state index is 5.58. The Kier molecular flexibility index (Phi) is 5.76. The van der Waals surface area contributed by atoms with Crippen LogP contribution in [0.3, 0.4) is 0 Å². The molecule has 27 heavy (non-hydrogen) atoms. The molecule has 1 aromatic rings. The van der Waals surface area contributed by atoms with Gasteiger partial charge >= 0.3 is 0 Å². The minimum Gasteiger partial charge on any atom is -0.378 e. The molecule has 0 saturated carbocycles. The van der Waals surface area contributed by atoms with Crippen molar-refractivity contribution in [3.8, 4) is 0 Å². The predicted molar refractivity (Wildman–Crippen MR) is 108 cm³/mol. The lowest BCUT2D eigenvalue weighted by Gasteiger charge is -2.43. The summed E-state index contributed by atoms with van der Waals surface area (Å²) in [5.74, 6) is 1.19. The number of amidine groups is 1. The Balaban J connectivity index is 1.62. The molecule has 1 saturated heterocycles. The normalized spacial score (nSPS) is 24.0. The number of morpholine rings is 1.